The highest BCUT2D eigenvalue weighted by molar-refractivity contribution is 8.13. The van der Waals surface area contributed by atoms with Crippen molar-refractivity contribution < 1.29 is 22.0 Å². The van der Waals surface area contributed by atoms with Crippen molar-refractivity contribution >= 4 is 25.6 Å². The van der Waals surface area contributed by atoms with E-state index in [0.29, 0.717) is 18.7 Å². The summed E-state index contributed by atoms with van der Waals surface area (Å²) in [5.74, 6) is -3.18. The first-order valence-corrected chi connectivity index (χ1v) is 8.15. The zero-order valence-electron chi connectivity index (χ0n) is 11.2. The molecule has 0 heterocycles. The number of benzene rings is 1. The molecule has 0 bridgehead atoms. The maximum atomic E-state index is 13.7. The summed E-state index contributed by atoms with van der Waals surface area (Å²) in [4.78, 5) is 12.6. The lowest BCUT2D eigenvalue weighted by atomic mass is 10.1. The van der Waals surface area contributed by atoms with E-state index in [1.165, 1.54) is 4.90 Å². The minimum atomic E-state index is -4.40. The third-order valence-electron chi connectivity index (χ3n) is 2.74. The van der Waals surface area contributed by atoms with Crippen LogP contribution in [0.15, 0.2) is 17.0 Å². The topological polar surface area (TPSA) is 54.5 Å². The SMILES string of the molecule is CCN(C(=O)c1cc(S(=O)(=O)Cl)c(F)cc1F)C(C)C. The van der Waals surface area contributed by atoms with Crippen molar-refractivity contribution in [2.24, 2.45) is 0 Å². The van der Waals surface area contributed by atoms with E-state index in [0.717, 1.165) is 0 Å². The van der Waals surface area contributed by atoms with Gasteiger partial charge in [-0.05, 0) is 26.8 Å². The predicted molar refractivity (Wildman–Crippen MR) is 71.2 cm³/mol. The molecule has 0 aliphatic carbocycles. The van der Waals surface area contributed by atoms with Gasteiger partial charge in [0.1, 0.15) is 16.5 Å². The largest absolute Gasteiger partial charge is 0.336 e. The fourth-order valence-electron chi connectivity index (χ4n) is 1.78. The number of hydrogen-bond donors (Lipinski definition) is 0. The smallest absolute Gasteiger partial charge is 0.264 e. The molecule has 0 radical (unpaired) electrons. The normalized spacial score (nSPS) is 11.8. The molecule has 4 nitrogen and oxygen atoms in total. The van der Waals surface area contributed by atoms with Crippen LogP contribution in [0, 0.1) is 11.6 Å². The van der Waals surface area contributed by atoms with Crippen molar-refractivity contribution in [3.05, 3.63) is 29.3 Å². The molecule has 112 valence electrons. The van der Waals surface area contributed by atoms with Crippen molar-refractivity contribution in [2.45, 2.75) is 31.7 Å². The first-order chi connectivity index (χ1) is 9.09. The molecule has 0 aliphatic heterocycles. The molecule has 0 unspecified atom stereocenters. The van der Waals surface area contributed by atoms with Gasteiger partial charge in [0.2, 0.25) is 0 Å². The minimum absolute atomic E-state index is 0.215. The standard InChI is InChI=1S/C12H14ClF2NO3S/c1-4-16(7(2)3)12(17)8-5-11(20(13,18)19)10(15)6-9(8)14/h5-7H,4H2,1-3H3. The Morgan fingerprint density at radius 1 is 1.30 bits per heavy atom. The van der Waals surface area contributed by atoms with Gasteiger partial charge in [0.05, 0.1) is 5.56 Å². The molecule has 1 aromatic carbocycles. The van der Waals surface area contributed by atoms with Crippen LogP contribution in [0.1, 0.15) is 31.1 Å². The van der Waals surface area contributed by atoms with Crippen molar-refractivity contribution in [3.63, 3.8) is 0 Å². The molecule has 0 N–H and O–H groups in total. The van der Waals surface area contributed by atoms with Crippen LogP contribution in [-0.2, 0) is 9.05 Å². The van der Waals surface area contributed by atoms with E-state index in [2.05, 4.69) is 0 Å². The molecule has 8 heteroatoms. The van der Waals surface area contributed by atoms with Crippen LogP contribution >= 0.6 is 10.7 Å². The van der Waals surface area contributed by atoms with Gasteiger partial charge < -0.3 is 4.90 Å². The predicted octanol–water partition coefficient (Wildman–Crippen LogP) is 2.76. The zero-order valence-corrected chi connectivity index (χ0v) is 12.7. The summed E-state index contributed by atoms with van der Waals surface area (Å²) in [5, 5.41) is 0. The number of nitrogens with zero attached hydrogens (tertiary/aromatic N) is 1. The van der Waals surface area contributed by atoms with Gasteiger partial charge in [0, 0.05) is 29.3 Å². The fourth-order valence-corrected chi connectivity index (χ4v) is 2.68. The summed E-state index contributed by atoms with van der Waals surface area (Å²) >= 11 is 0. The van der Waals surface area contributed by atoms with Crippen LogP contribution in [0.25, 0.3) is 0 Å². The summed E-state index contributed by atoms with van der Waals surface area (Å²) < 4.78 is 49.5. The van der Waals surface area contributed by atoms with E-state index in [4.69, 9.17) is 10.7 Å². The Morgan fingerprint density at radius 2 is 1.85 bits per heavy atom. The zero-order chi connectivity index (χ0) is 15.7. The number of halogens is 3. The average molecular weight is 326 g/mol. The lowest BCUT2D eigenvalue weighted by Crippen LogP contribution is -2.37. The van der Waals surface area contributed by atoms with Crippen LogP contribution < -0.4 is 0 Å². The van der Waals surface area contributed by atoms with E-state index in [-0.39, 0.29) is 6.04 Å². The summed E-state index contributed by atoms with van der Waals surface area (Å²) in [5.41, 5.74) is -0.527. The molecule has 0 atom stereocenters. The Labute approximate surface area is 120 Å². The molecule has 20 heavy (non-hydrogen) atoms. The molecule has 1 aromatic rings. The van der Waals surface area contributed by atoms with Crippen molar-refractivity contribution in [2.75, 3.05) is 6.54 Å². The molecule has 0 fully saturated rings. The van der Waals surface area contributed by atoms with Crippen LogP contribution in [0.3, 0.4) is 0 Å². The molecule has 0 saturated heterocycles. The molecular weight excluding hydrogens is 312 g/mol. The Morgan fingerprint density at radius 3 is 2.25 bits per heavy atom. The first kappa shape index (κ1) is 16.8. The molecule has 0 spiro atoms. The van der Waals surface area contributed by atoms with Gasteiger partial charge in [-0.2, -0.15) is 0 Å². The van der Waals surface area contributed by atoms with E-state index >= 15 is 0 Å². The summed E-state index contributed by atoms with van der Waals surface area (Å²) in [7, 11) is 0.655. The van der Waals surface area contributed by atoms with Gasteiger partial charge in [-0.3, -0.25) is 4.79 Å². The highest BCUT2D eigenvalue weighted by Crippen LogP contribution is 2.24. The third kappa shape index (κ3) is 3.46. The second-order valence-electron chi connectivity index (χ2n) is 4.39. The average Bonchev–Trinajstić information content (AvgIpc) is 2.27. The summed E-state index contributed by atoms with van der Waals surface area (Å²) in [6, 6.07) is 0.754. The Kier molecular flexibility index (Phi) is 5.10. The number of rotatable bonds is 4. The number of carbonyl (C=O) groups is 1. The second kappa shape index (κ2) is 6.05. The van der Waals surface area contributed by atoms with Gasteiger partial charge in [-0.15, -0.1) is 0 Å². The monoisotopic (exact) mass is 325 g/mol. The molecule has 1 amide bonds. The Balaban J connectivity index is 3.43. The van der Waals surface area contributed by atoms with Crippen LogP contribution in [-0.4, -0.2) is 31.8 Å². The quantitative estimate of drug-likeness (QED) is 0.800. The van der Waals surface area contributed by atoms with Crippen molar-refractivity contribution in [3.8, 4) is 0 Å². The van der Waals surface area contributed by atoms with Crippen LogP contribution in [0.4, 0.5) is 8.78 Å². The molecular formula is C12H14ClF2NO3S. The maximum Gasteiger partial charge on any atom is 0.264 e. The van der Waals surface area contributed by atoms with Crippen molar-refractivity contribution in [1.82, 2.24) is 4.90 Å². The van der Waals surface area contributed by atoms with Gasteiger partial charge in [0.15, 0.2) is 0 Å². The molecule has 1 rings (SSSR count). The Hall–Kier alpha value is -1.21. The molecule has 0 aliphatic rings. The van der Waals surface area contributed by atoms with E-state index in [9.17, 15) is 22.0 Å². The minimum Gasteiger partial charge on any atom is -0.336 e. The molecule has 0 aromatic heterocycles. The maximum absolute atomic E-state index is 13.7. The highest BCUT2D eigenvalue weighted by atomic mass is 35.7. The summed E-state index contributed by atoms with van der Waals surface area (Å²) in [6.07, 6.45) is 0. The number of amides is 1. The van der Waals surface area contributed by atoms with E-state index in [1.54, 1.807) is 20.8 Å². The Bertz CT molecular complexity index is 632. The van der Waals surface area contributed by atoms with Crippen molar-refractivity contribution in [1.29, 1.82) is 0 Å². The number of carbonyl (C=O) groups excluding carboxylic acids is 1. The lowest BCUT2D eigenvalue weighted by Gasteiger charge is -2.25. The van der Waals surface area contributed by atoms with E-state index in [1.807, 2.05) is 0 Å². The second-order valence-corrected chi connectivity index (χ2v) is 6.92. The van der Waals surface area contributed by atoms with Crippen LogP contribution in [0.2, 0.25) is 0 Å². The first-order valence-electron chi connectivity index (χ1n) is 5.84. The van der Waals surface area contributed by atoms with Gasteiger partial charge >= 0.3 is 0 Å². The fraction of sp³-hybridized carbons (Fsp3) is 0.417. The highest BCUT2D eigenvalue weighted by Gasteiger charge is 2.25. The summed E-state index contributed by atoms with van der Waals surface area (Å²) in [6.45, 7) is 5.44. The van der Waals surface area contributed by atoms with E-state index < -0.39 is 37.1 Å². The van der Waals surface area contributed by atoms with Gasteiger partial charge in [0.25, 0.3) is 15.0 Å². The van der Waals surface area contributed by atoms with Gasteiger partial charge in [-0.1, -0.05) is 0 Å². The van der Waals surface area contributed by atoms with Crippen LogP contribution in [0.5, 0.6) is 0 Å². The third-order valence-corrected chi connectivity index (χ3v) is 4.08. The molecule has 0 saturated carbocycles. The van der Waals surface area contributed by atoms with Gasteiger partial charge in [-0.25, -0.2) is 17.2 Å². The number of hydrogen-bond acceptors (Lipinski definition) is 3. The lowest BCUT2D eigenvalue weighted by molar-refractivity contribution is 0.0711.